The molecular formula is C10H13BrN2OS. The normalized spacial score (nSPS) is 9.53. The molecule has 15 heavy (non-hydrogen) atoms. The molecule has 5 heteroatoms. The minimum atomic E-state index is 0.609. The van der Waals surface area contributed by atoms with Crippen molar-refractivity contribution in [3.8, 4) is 5.75 Å². The number of ether oxygens (including phenoxy) is 1. The van der Waals surface area contributed by atoms with Crippen molar-refractivity contribution in [1.29, 1.82) is 0 Å². The Bertz CT molecular complexity index is 357. The van der Waals surface area contributed by atoms with Gasteiger partial charge in [0.1, 0.15) is 5.75 Å². The number of hydrogen-bond donors (Lipinski definition) is 2. The molecule has 0 aromatic heterocycles. The lowest BCUT2D eigenvalue weighted by atomic mass is 10.3. The van der Waals surface area contributed by atoms with Crippen LogP contribution in [0.5, 0.6) is 5.75 Å². The third-order valence-corrected chi connectivity index (χ3v) is 2.41. The lowest BCUT2D eigenvalue weighted by Crippen LogP contribution is -2.27. The van der Waals surface area contributed by atoms with E-state index in [1.807, 2.05) is 25.1 Å². The number of methoxy groups -OCH3 is 1. The van der Waals surface area contributed by atoms with Crippen LogP contribution >= 0.6 is 28.1 Å². The first kappa shape index (κ1) is 12.3. The second-order valence-corrected chi connectivity index (χ2v) is 4.19. The van der Waals surface area contributed by atoms with Crippen LogP contribution in [0, 0.1) is 0 Å². The van der Waals surface area contributed by atoms with Gasteiger partial charge in [-0.2, -0.15) is 0 Å². The quantitative estimate of drug-likeness (QED) is 0.838. The van der Waals surface area contributed by atoms with Gasteiger partial charge in [-0.3, -0.25) is 0 Å². The molecule has 2 N–H and O–H groups in total. The Hall–Kier alpha value is -0.810. The molecule has 0 aliphatic carbocycles. The summed E-state index contributed by atoms with van der Waals surface area (Å²) >= 11 is 8.48. The zero-order valence-electron chi connectivity index (χ0n) is 8.63. The Kier molecular flexibility index (Phi) is 4.84. The molecule has 0 unspecified atom stereocenters. The molecule has 0 aliphatic rings. The summed E-state index contributed by atoms with van der Waals surface area (Å²) < 4.78 is 6.09. The van der Waals surface area contributed by atoms with E-state index in [0.29, 0.717) is 5.11 Å². The highest BCUT2D eigenvalue weighted by molar-refractivity contribution is 9.10. The molecule has 0 saturated carbocycles. The van der Waals surface area contributed by atoms with E-state index in [1.165, 1.54) is 0 Å². The van der Waals surface area contributed by atoms with Crippen molar-refractivity contribution in [1.82, 2.24) is 5.32 Å². The van der Waals surface area contributed by atoms with Crippen molar-refractivity contribution in [3.63, 3.8) is 0 Å². The number of benzene rings is 1. The first-order valence-corrected chi connectivity index (χ1v) is 5.75. The molecule has 0 bridgehead atoms. The molecule has 1 aromatic carbocycles. The van der Waals surface area contributed by atoms with Gasteiger partial charge in [-0.15, -0.1) is 0 Å². The van der Waals surface area contributed by atoms with Gasteiger partial charge in [0.05, 0.1) is 7.11 Å². The summed E-state index contributed by atoms with van der Waals surface area (Å²) in [5.41, 5.74) is 0.896. The van der Waals surface area contributed by atoms with Crippen LogP contribution in [0.25, 0.3) is 0 Å². The molecule has 0 heterocycles. The fourth-order valence-electron chi connectivity index (χ4n) is 1.09. The molecule has 0 saturated heterocycles. The molecular weight excluding hydrogens is 276 g/mol. The number of nitrogens with one attached hydrogen (secondary N) is 2. The Morgan fingerprint density at radius 1 is 1.47 bits per heavy atom. The van der Waals surface area contributed by atoms with E-state index >= 15 is 0 Å². The minimum Gasteiger partial charge on any atom is -0.497 e. The summed E-state index contributed by atoms with van der Waals surface area (Å²) in [7, 11) is 1.63. The second-order valence-electron chi connectivity index (χ2n) is 2.86. The summed E-state index contributed by atoms with van der Waals surface area (Å²) in [6.07, 6.45) is 0. The number of thiocarbonyl (C=S) groups is 1. The van der Waals surface area contributed by atoms with Crippen molar-refractivity contribution >= 4 is 38.9 Å². The second kappa shape index (κ2) is 5.92. The van der Waals surface area contributed by atoms with Crippen molar-refractivity contribution in [2.75, 3.05) is 19.0 Å². The Morgan fingerprint density at radius 2 is 2.20 bits per heavy atom. The largest absolute Gasteiger partial charge is 0.497 e. The Balaban J connectivity index is 2.76. The number of anilines is 1. The van der Waals surface area contributed by atoms with Crippen LogP contribution in [0.2, 0.25) is 0 Å². The molecule has 3 nitrogen and oxygen atoms in total. The van der Waals surface area contributed by atoms with Crippen molar-refractivity contribution in [3.05, 3.63) is 22.7 Å². The molecule has 0 spiro atoms. The highest BCUT2D eigenvalue weighted by Crippen LogP contribution is 2.24. The third-order valence-electron chi connectivity index (χ3n) is 1.70. The van der Waals surface area contributed by atoms with Gasteiger partial charge in [0.2, 0.25) is 0 Å². The van der Waals surface area contributed by atoms with Gasteiger partial charge in [0.25, 0.3) is 0 Å². The Morgan fingerprint density at radius 3 is 2.80 bits per heavy atom. The highest BCUT2D eigenvalue weighted by Gasteiger charge is 2.00. The van der Waals surface area contributed by atoms with Crippen LogP contribution in [-0.2, 0) is 0 Å². The monoisotopic (exact) mass is 288 g/mol. The van der Waals surface area contributed by atoms with E-state index in [-0.39, 0.29) is 0 Å². The molecule has 0 fully saturated rings. The molecule has 1 rings (SSSR count). The molecule has 1 aromatic rings. The van der Waals surface area contributed by atoms with Crippen LogP contribution in [0.3, 0.4) is 0 Å². The number of rotatable bonds is 3. The predicted octanol–water partition coefficient (Wildman–Crippen LogP) is 2.76. The van der Waals surface area contributed by atoms with Crippen LogP contribution < -0.4 is 15.4 Å². The summed E-state index contributed by atoms with van der Waals surface area (Å²) in [6, 6.07) is 5.71. The summed E-state index contributed by atoms with van der Waals surface area (Å²) in [5.74, 6) is 0.783. The van der Waals surface area contributed by atoms with E-state index in [9.17, 15) is 0 Å². The summed E-state index contributed by atoms with van der Waals surface area (Å²) in [4.78, 5) is 0. The first-order valence-electron chi connectivity index (χ1n) is 4.55. The highest BCUT2D eigenvalue weighted by atomic mass is 79.9. The van der Waals surface area contributed by atoms with E-state index in [1.54, 1.807) is 7.11 Å². The number of halogens is 1. The number of hydrogen-bond acceptors (Lipinski definition) is 2. The van der Waals surface area contributed by atoms with Crippen LogP contribution in [0.15, 0.2) is 22.7 Å². The predicted molar refractivity (Wildman–Crippen MR) is 70.6 cm³/mol. The molecule has 0 amide bonds. The average molecular weight is 289 g/mol. The van der Waals surface area contributed by atoms with Crippen molar-refractivity contribution < 1.29 is 4.74 Å². The molecule has 0 radical (unpaired) electrons. The smallest absolute Gasteiger partial charge is 0.170 e. The SMILES string of the molecule is CCNC(=S)Nc1cc(Br)cc(OC)c1. The van der Waals surface area contributed by atoms with Crippen LogP contribution in [-0.4, -0.2) is 18.8 Å². The zero-order chi connectivity index (χ0) is 11.3. The van der Waals surface area contributed by atoms with Gasteiger partial charge in [-0.05, 0) is 31.3 Å². The minimum absolute atomic E-state index is 0.609. The molecule has 82 valence electrons. The molecule has 0 aliphatic heterocycles. The maximum atomic E-state index is 5.14. The summed E-state index contributed by atoms with van der Waals surface area (Å²) in [5, 5.41) is 6.69. The van der Waals surface area contributed by atoms with Crippen LogP contribution in [0.1, 0.15) is 6.92 Å². The first-order chi connectivity index (χ1) is 7.15. The zero-order valence-corrected chi connectivity index (χ0v) is 11.0. The topological polar surface area (TPSA) is 33.3 Å². The maximum Gasteiger partial charge on any atom is 0.170 e. The van der Waals surface area contributed by atoms with E-state index in [2.05, 4.69) is 26.6 Å². The standard InChI is InChI=1S/C10H13BrN2OS/c1-3-12-10(15)13-8-4-7(11)5-9(6-8)14-2/h4-6H,3H2,1-2H3,(H2,12,13,15). The van der Waals surface area contributed by atoms with Gasteiger partial charge >= 0.3 is 0 Å². The molecule has 0 atom stereocenters. The van der Waals surface area contributed by atoms with Gasteiger partial charge in [0, 0.05) is 22.8 Å². The fourth-order valence-corrected chi connectivity index (χ4v) is 1.82. The summed E-state index contributed by atoms with van der Waals surface area (Å²) in [6.45, 7) is 2.80. The van der Waals surface area contributed by atoms with Crippen LogP contribution in [0.4, 0.5) is 5.69 Å². The lowest BCUT2D eigenvalue weighted by molar-refractivity contribution is 0.415. The lowest BCUT2D eigenvalue weighted by Gasteiger charge is -2.10. The van der Waals surface area contributed by atoms with Gasteiger partial charge in [0.15, 0.2) is 5.11 Å². The van der Waals surface area contributed by atoms with E-state index in [0.717, 1.165) is 22.5 Å². The van der Waals surface area contributed by atoms with E-state index in [4.69, 9.17) is 17.0 Å². The Labute approximate surface area is 103 Å². The van der Waals surface area contributed by atoms with Gasteiger partial charge in [-0.25, -0.2) is 0 Å². The van der Waals surface area contributed by atoms with Gasteiger partial charge in [-0.1, -0.05) is 15.9 Å². The fraction of sp³-hybridized carbons (Fsp3) is 0.300. The van der Waals surface area contributed by atoms with Crippen molar-refractivity contribution in [2.45, 2.75) is 6.92 Å². The average Bonchev–Trinajstić information content (AvgIpc) is 2.17. The van der Waals surface area contributed by atoms with Crippen molar-refractivity contribution in [2.24, 2.45) is 0 Å². The maximum absolute atomic E-state index is 5.14. The van der Waals surface area contributed by atoms with Gasteiger partial charge < -0.3 is 15.4 Å². The van der Waals surface area contributed by atoms with E-state index < -0.39 is 0 Å². The third kappa shape index (κ3) is 4.05.